The predicted octanol–water partition coefficient (Wildman–Crippen LogP) is 1.63. The summed E-state index contributed by atoms with van der Waals surface area (Å²) < 4.78 is 2.17. The summed E-state index contributed by atoms with van der Waals surface area (Å²) in [6.07, 6.45) is 6.68. The van der Waals surface area contributed by atoms with Gasteiger partial charge in [0.1, 0.15) is 0 Å². The standard InChI is InChI=1S/C10H18N2O/c1-12-8-5-7-10(12)6-3-2-4-9-13-11/h5,7-8H,2-4,6,9,11H2,1H3. The van der Waals surface area contributed by atoms with Crippen molar-refractivity contribution in [2.45, 2.75) is 25.7 Å². The highest BCUT2D eigenvalue weighted by atomic mass is 16.6. The molecule has 0 atom stereocenters. The number of unbranched alkanes of at least 4 members (excludes halogenated alkanes) is 2. The van der Waals surface area contributed by atoms with Gasteiger partial charge in [0, 0.05) is 18.9 Å². The number of aromatic nitrogens is 1. The van der Waals surface area contributed by atoms with Gasteiger partial charge in [0.2, 0.25) is 0 Å². The lowest BCUT2D eigenvalue weighted by Gasteiger charge is -2.02. The molecule has 0 aromatic carbocycles. The van der Waals surface area contributed by atoms with Crippen molar-refractivity contribution in [1.82, 2.24) is 4.57 Å². The van der Waals surface area contributed by atoms with Crippen LogP contribution in [0.25, 0.3) is 0 Å². The number of hydrogen-bond donors (Lipinski definition) is 1. The van der Waals surface area contributed by atoms with Crippen molar-refractivity contribution in [3.63, 3.8) is 0 Å². The van der Waals surface area contributed by atoms with Crippen molar-refractivity contribution in [3.05, 3.63) is 24.0 Å². The Morgan fingerprint density at radius 3 is 2.85 bits per heavy atom. The van der Waals surface area contributed by atoms with Crippen molar-refractivity contribution in [1.29, 1.82) is 0 Å². The molecule has 0 saturated carbocycles. The highest BCUT2D eigenvalue weighted by Crippen LogP contribution is 2.06. The van der Waals surface area contributed by atoms with E-state index in [1.54, 1.807) is 0 Å². The molecule has 3 heteroatoms. The molecule has 74 valence electrons. The van der Waals surface area contributed by atoms with E-state index in [0.29, 0.717) is 6.61 Å². The van der Waals surface area contributed by atoms with Crippen LogP contribution in [0.3, 0.4) is 0 Å². The lowest BCUT2D eigenvalue weighted by Crippen LogP contribution is -2.01. The summed E-state index contributed by atoms with van der Waals surface area (Å²) in [6.45, 7) is 0.674. The molecule has 1 aromatic rings. The molecule has 0 aliphatic rings. The van der Waals surface area contributed by atoms with Gasteiger partial charge < -0.3 is 9.40 Å². The number of nitrogens with two attached hydrogens (primary N) is 1. The molecule has 0 saturated heterocycles. The van der Waals surface area contributed by atoms with Crippen molar-refractivity contribution in [2.24, 2.45) is 12.9 Å². The lowest BCUT2D eigenvalue weighted by atomic mass is 10.1. The third-order valence-electron chi connectivity index (χ3n) is 2.25. The normalized spacial score (nSPS) is 10.6. The number of hydrogen-bond acceptors (Lipinski definition) is 2. The van der Waals surface area contributed by atoms with Gasteiger partial charge in [-0.15, -0.1) is 0 Å². The molecule has 13 heavy (non-hydrogen) atoms. The van der Waals surface area contributed by atoms with Crippen LogP contribution in [0.4, 0.5) is 0 Å². The minimum absolute atomic E-state index is 0.674. The molecule has 3 nitrogen and oxygen atoms in total. The van der Waals surface area contributed by atoms with Crippen LogP contribution in [0, 0.1) is 0 Å². The summed E-state index contributed by atoms with van der Waals surface area (Å²) >= 11 is 0. The summed E-state index contributed by atoms with van der Waals surface area (Å²) in [5.41, 5.74) is 1.40. The van der Waals surface area contributed by atoms with Crippen LogP contribution in [-0.2, 0) is 18.3 Å². The van der Waals surface area contributed by atoms with Gasteiger partial charge in [-0.1, -0.05) is 6.42 Å². The predicted molar refractivity (Wildman–Crippen MR) is 53.1 cm³/mol. The Balaban J connectivity index is 2.10. The minimum atomic E-state index is 0.674. The smallest absolute Gasteiger partial charge is 0.0679 e. The number of rotatable bonds is 6. The molecule has 0 fully saturated rings. The van der Waals surface area contributed by atoms with Gasteiger partial charge in [-0.25, -0.2) is 5.90 Å². The van der Waals surface area contributed by atoms with Gasteiger partial charge in [-0.3, -0.25) is 0 Å². The number of aryl methyl sites for hydroxylation is 2. The van der Waals surface area contributed by atoms with Crippen molar-refractivity contribution >= 4 is 0 Å². The Hall–Kier alpha value is -0.800. The molecule has 0 aliphatic heterocycles. The van der Waals surface area contributed by atoms with E-state index < -0.39 is 0 Å². The van der Waals surface area contributed by atoms with E-state index in [-0.39, 0.29) is 0 Å². The van der Waals surface area contributed by atoms with E-state index in [4.69, 9.17) is 5.90 Å². The maximum Gasteiger partial charge on any atom is 0.0679 e. The van der Waals surface area contributed by atoms with E-state index in [1.165, 1.54) is 18.5 Å². The summed E-state index contributed by atoms with van der Waals surface area (Å²) in [4.78, 5) is 4.50. The first-order chi connectivity index (χ1) is 6.34. The molecular formula is C10H18N2O. The van der Waals surface area contributed by atoms with Crippen LogP contribution in [0.2, 0.25) is 0 Å². The number of nitrogens with zero attached hydrogens (tertiary/aromatic N) is 1. The maximum absolute atomic E-state index is 4.93. The molecule has 2 N–H and O–H groups in total. The van der Waals surface area contributed by atoms with E-state index in [0.717, 1.165) is 12.8 Å². The quantitative estimate of drug-likeness (QED) is 0.536. The summed E-state index contributed by atoms with van der Waals surface area (Å²) in [6, 6.07) is 4.25. The average molecular weight is 182 g/mol. The van der Waals surface area contributed by atoms with E-state index in [1.807, 2.05) is 0 Å². The monoisotopic (exact) mass is 182 g/mol. The third-order valence-corrected chi connectivity index (χ3v) is 2.25. The van der Waals surface area contributed by atoms with E-state index >= 15 is 0 Å². The van der Waals surface area contributed by atoms with Gasteiger partial charge >= 0.3 is 0 Å². The van der Waals surface area contributed by atoms with Gasteiger partial charge in [0.15, 0.2) is 0 Å². The molecule has 1 aromatic heterocycles. The fourth-order valence-corrected chi connectivity index (χ4v) is 1.42. The second-order valence-electron chi connectivity index (χ2n) is 3.29. The van der Waals surface area contributed by atoms with Gasteiger partial charge in [-0.05, 0) is 31.4 Å². The molecule has 0 unspecified atom stereocenters. The zero-order chi connectivity index (χ0) is 9.52. The molecule has 0 bridgehead atoms. The highest BCUT2D eigenvalue weighted by Gasteiger charge is 1.96. The summed E-state index contributed by atoms with van der Waals surface area (Å²) in [7, 11) is 2.08. The zero-order valence-electron chi connectivity index (χ0n) is 8.20. The zero-order valence-corrected chi connectivity index (χ0v) is 8.20. The Morgan fingerprint density at radius 2 is 2.23 bits per heavy atom. The Labute approximate surface area is 79.4 Å². The second kappa shape index (κ2) is 5.78. The van der Waals surface area contributed by atoms with Gasteiger partial charge in [0.25, 0.3) is 0 Å². The van der Waals surface area contributed by atoms with Crippen molar-refractivity contribution < 1.29 is 4.84 Å². The first-order valence-electron chi connectivity index (χ1n) is 4.76. The Bertz CT molecular complexity index is 233. The van der Waals surface area contributed by atoms with Crippen LogP contribution < -0.4 is 5.90 Å². The molecule has 1 heterocycles. The summed E-state index contributed by atoms with van der Waals surface area (Å²) in [5, 5.41) is 0. The first-order valence-corrected chi connectivity index (χ1v) is 4.76. The molecule has 0 radical (unpaired) electrons. The highest BCUT2D eigenvalue weighted by molar-refractivity contribution is 5.06. The summed E-state index contributed by atoms with van der Waals surface area (Å²) in [5.74, 6) is 4.93. The second-order valence-corrected chi connectivity index (χ2v) is 3.29. The van der Waals surface area contributed by atoms with Crippen LogP contribution in [-0.4, -0.2) is 11.2 Å². The topological polar surface area (TPSA) is 40.2 Å². The van der Waals surface area contributed by atoms with Crippen LogP contribution in [0.1, 0.15) is 25.0 Å². The first kappa shape index (κ1) is 10.3. The maximum atomic E-state index is 4.93. The molecule has 0 spiro atoms. The van der Waals surface area contributed by atoms with E-state index in [2.05, 4.69) is 34.8 Å². The fraction of sp³-hybridized carbons (Fsp3) is 0.600. The van der Waals surface area contributed by atoms with Crippen LogP contribution in [0.15, 0.2) is 18.3 Å². The Kier molecular flexibility index (Phi) is 4.57. The van der Waals surface area contributed by atoms with Crippen molar-refractivity contribution in [2.75, 3.05) is 6.61 Å². The minimum Gasteiger partial charge on any atom is -0.354 e. The molecule has 0 amide bonds. The Morgan fingerprint density at radius 1 is 1.38 bits per heavy atom. The SMILES string of the molecule is Cn1cccc1CCCCCON. The lowest BCUT2D eigenvalue weighted by molar-refractivity contribution is 0.133. The largest absolute Gasteiger partial charge is 0.354 e. The van der Waals surface area contributed by atoms with E-state index in [9.17, 15) is 0 Å². The van der Waals surface area contributed by atoms with Crippen molar-refractivity contribution in [3.8, 4) is 0 Å². The third kappa shape index (κ3) is 3.61. The van der Waals surface area contributed by atoms with Gasteiger partial charge in [-0.2, -0.15) is 0 Å². The average Bonchev–Trinajstić information content (AvgIpc) is 2.52. The molecule has 1 rings (SSSR count). The molecular weight excluding hydrogens is 164 g/mol. The van der Waals surface area contributed by atoms with Gasteiger partial charge in [0.05, 0.1) is 6.61 Å². The fourth-order valence-electron chi connectivity index (χ4n) is 1.42. The molecule has 0 aliphatic carbocycles. The van der Waals surface area contributed by atoms with Crippen LogP contribution in [0.5, 0.6) is 0 Å². The van der Waals surface area contributed by atoms with Crippen LogP contribution >= 0.6 is 0 Å².